The molecule has 1 aliphatic heterocycles. The van der Waals surface area contributed by atoms with Gasteiger partial charge in [-0.05, 0) is 18.9 Å². The predicted octanol–water partition coefficient (Wildman–Crippen LogP) is 0.198. The molecule has 94 valence electrons. The van der Waals surface area contributed by atoms with Crippen molar-refractivity contribution in [1.29, 1.82) is 0 Å². The summed E-state index contributed by atoms with van der Waals surface area (Å²) in [7, 11) is -3.13. The van der Waals surface area contributed by atoms with Crippen LogP contribution in [0, 0.1) is 0 Å². The van der Waals surface area contributed by atoms with E-state index in [1.807, 2.05) is 0 Å². The smallest absolute Gasteiger partial charge is 0.211 e. The van der Waals surface area contributed by atoms with E-state index < -0.39 is 10.0 Å². The molecule has 0 amide bonds. The van der Waals surface area contributed by atoms with Gasteiger partial charge in [-0.25, -0.2) is 22.7 Å². The lowest BCUT2D eigenvalue weighted by molar-refractivity contribution is 0.311. The van der Waals surface area contributed by atoms with E-state index in [1.54, 1.807) is 12.3 Å². The maximum absolute atomic E-state index is 11.5. The van der Waals surface area contributed by atoms with E-state index in [0.717, 1.165) is 12.8 Å². The highest BCUT2D eigenvalue weighted by atomic mass is 32.2. The van der Waals surface area contributed by atoms with Gasteiger partial charge in [-0.3, -0.25) is 0 Å². The van der Waals surface area contributed by atoms with Crippen molar-refractivity contribution in [2.45, 2.75) is 18.8 Å². The van der Waals surface area contributed by atoms with E-state index in [0.29, 0.717) is 24.7 Å². The molecule has 1 aromatic rings. The quantitative estimate of drug-likeness (QED) is 0.816. The van der Waals surface area contributed by atoms with Crippen molar-refractivity contribution in [3.63, 3.8) is 0 Å². The van der Waals surface area contributed by atoms with E-state index in [-0.39, 0.29) is 5.92 Å². The predicted molar refractivity (Wildman–Crippen MR) is 64.8 cm³/mol. The number of rotatable bonds is 2. The number of anilines is 1. The lowest BCUT2D eigenvalue weighted by Gasteiger charge is -2.29. The van der Waals surface area contributed by atoms with Gasteiger partial charge in [0.05, 0.1) is 6.26 Å². The second-order valence-corrected chi connectivity index (χ2v) is 6.28. The van der Waals surface area contributed by atoms with E-state index in [2.05, 4.69) is 9.97 Å². The van der Waals surface area contributed by atoms with E-state index in [4.69, 9.17) is 5.73 Å². The third kappa shape index (κ3) is 2.92. The summed E-state index contributed by atoms with van der Waals surface area (Å²) < 4.78 is 24.5. The van der Waals surface area contributed by atoms with E-state index in [1.165, 1.54) is 10.6 Å². The van der Waals surface area contributed by atoms with Gasteiger partial charge in [0, 0.05) is 25.2 Å². The van der Waals surface area contributed by atoms with Gasteiger partial charge in [-0.2, -0.15) is 0 Å². The van der Waals surface area contributed by atoms with Gasteiger partial charge in [0.15, 0.2) is 0 Å². The van der Waals surface area contributed by atoms with Gasteiger partial charge < -0.3 is 5.73 Å². The van der Waals surface area contributed by atoms with Crippen molar-refractivity contribution >= 4 is 15.8 Å². The first kappa shape index (κ1) is 12.3. The summed E-state index contributed by atoms with van der Waals surface area (Å²) in [5, 5.41) is 0. The largest absolute Gasteiger partial charge is 0.384 e. The zero-order valence-electron chi connectivity index (χ0n) is 9.70. The first-order valence-electron chi connectivity index (χ1n) is 5.50. The molecule has 17 heavy (non-hydrogen) atoms. The molecule has 6 nitrogen and oxygen atoms in total. The van der Waals surface area contributed by atoms with Gasteiger partial charge in [0.1, 0.15) is 11.6 Å². The third-order valence-corrected chi connectivity index (χ3v) is 4.18. The number of nitrogens with two attached hydrogens (primary N) is 1. The van der Waals surface area contributed by atoms with Gasteiger partial charge in [-0.1, -0.05) is 0 Å². The molecular formula is C10H16N4O2S. The molecule has 1 aromatic heterocycles. The number of sulfonamides is 1. The van der Waals surface area contributed by atoms with Crippen LogP contribution in [-0.4, -0.2) is 42.0 Å². The van der Waals surface area contributed by atoms with Crippen molar-refractivity contribution < 1.29 is 8.42 Å². The van der Waals surface area contributed by atoms with Crippen LogP contribution in [0.4, 0.5) is 5.82 Å². The van der Waals surface area contributed by atoms with Crippen LogP contribution >= 0.6 is 0 Å². The topological polar surface area (TPSA) is 89.2 Å². The zero-order valence-corrected chi connectivity index (χ0v) is 10.5. The van der Waals surface area contributed by atoms with E-state index in [9.17, 15) is 8.42 Å². The Kier molecular flexibility index (Phi) is 3.30. The fourth-order valence-electron chi connectivity index (χ4n) is 2.04. The summed E-state index contributed by atoms with van der Waals surface area (Å²) >= 11 is 0. The SMILES string of the molecule is CS(=O)(=O)N1CCCC(c2nccc(N)n2)C1. The first-order chi connectivity index (χ1) is 7.97. The Balaban J connectivity index is 2.18. The lowest BCUT2D eigenvalue weighted by Crippen LogP contribution is -2.38. The molecule has 2 heterocycles. The third-order valence-electron chi connectivity index (χ3n) is 2.91. The van der Waals surface area contributed by atoms with Gasteiger partial charge in [0.25, 0.3) is 0 Å². The minimum Gasteiger partial charge on any atom is -0.384 e. The van der Waals surface area contributed by atoms with Crippen molar-refractivity contribution in [1.82, 2.24) is 14.3 Å². The van der Waals surface area contributed by atoms with Gasteiger partial charge in [0.2, 0.25) is 10.0 Å². The number of hydrogen-bond acceptors (Lipinski definition) is 5. The normalized spacial score (nSPS) is 22.5. The maximum atomic E-state index is 11.5. The Bertz CT molecular complexity index is 503. The van der Waals surface area contributed by atoms with E-state index >= 15 is 0 Å². The Hall–Kier alpha value is -1.21. The summed E-state index contributed by atoms with van der Waals surface area (Å²) in [6.45, 7) is 1.03. The Morgan fingerprint density at radius 3 is 2.94 bits per heavy atom. The Morgan fingerprint density at radius 1 is 1.53 bits per heavy atom. The second-order valence-electron chi connectivity index (χ2n) is 4.30. The summed E-state index contributed by atoms with van der Waals surface area (Å²) in [5.41, 5.74) is 5.60. The number of nitrogen functional groups attached to an aromatic ring is 1. The van der Waals surface area contributed by atoms with Crippen LogP contribution < -0.4 is 5.73 Å². The fraction of sp³-hybridized carbons (Fsp3) is 0.600. The molecule has 1 unspecified atom stereocenters. The Morgan fingerprint density at radius 2 is 2.29 bits per heavy atom. The molecule has 1 saturated heterocycles. The molecule has 0 aliphatic carbocycles. The molecule has 2 N–H and O–H groups in total. The molecular weight excluding hydrogens is 240 g/mol. The second kappa shape index (κ2) is 4.58. The zero-order chi connectivity index (χ0) is 12.5. The monoisotopic (exact) mass is 256 g/mol. The van der Waals surface area contributed by atoms with Gasteiger partial charge in [-0.15, -0.1) is 0 Å². The maximum Gasteiger partial charge on any atom is 0.211 e. The van der Waals surface area contributed by atoms with Crippen LogP contribution in [0.3, 0.4) is 0 Å². The highest BCUT2D eigenvalue weighted by Gasteiger charge is 2.28. The molecule has 0 spiro atoms. The van der Waals surface area contributed by atoms with Crippen LogP contribution in [0.15, 0.2) is 12.3 Å². The van der Waals surface area contributed by atoms with Crippen molar-refractivity contribution in [3.05, 3.63) is 18.1 Å². The molecule has 7 heteroatoms. The summed E-state index contributed by atoms with van der Waals surface area (Å²) in [6, 6.07) is 1.63. The first-order valence-corrected chi connectivity index (χ1v) is 7.35. The number of hydrogen-bond donors (Lipinski definition) is 1. The Labute approximate surface area is 101 Å². The molecule has 1 atom stereocenters. The standard InChI is InChI=1S/C10H16N4O2S/c1-17(15,16)14-6-2-3-8(7-14)10-12-5-4-9(11)13-10/h4-5,8H,2-3,6-7H2,1H3,(H2,11,12,13). The molecule has 0 saturated carbocycles. The van der Waals surface area contributed by atoms with Crippen molar-refractivity contribution in [2.24, 2.45) is 0 Å². The van der Waals surface area contributed by atoms with Crippen LogP contribution in [0.25, 0.3) is 0 Å². The number of piperidine rings is 1. The molecule has 0 aromatic carbocycles. The van der Waals surface area contributed by atoms with Crippen LogP contribution in [0.1, 0.15) is 24.6 Å². The number of nitrogens with zero attached hydrogens (tertiary/aromatic N) is 3. The van der Waals surface area contributed by atoms with Crippen LogP contribution in [0.5, 0.6) is 0 Å². The van der Waals surface area contributed by atoms with Gasteiger partial charge >= 0.3 is 0 Å². The average molecular weight is 256 g/mol. The summed E-state index contributed by atoms with van der Waals surface area (Å²) in [4.78, 5) is 8.33. The minimum atomic E-state index is -3.13. The molecule has 0 bridgehead atoms. The van der Waals surface area contributed by atoms with Crippen molar-refractivity contribution in [3.8, 4) is 0 Å². The molecule has 2 rings (SSSR count). The average Bonchev–Trinajstić information content (AvgIpc) is 2.28. The lowest BCUT2D eigenvalue weighted by atomic mass is 9.99. The van der Waals surface area contributed by atoms with Crippen molar-refractivity contribution in [2.75, 3.05) is 25.1 Å². The fourth-order valence-corrected chi connectivity index (χ4v) is 2.95. The van der Waals surface area contributed by atoms with Crippen LogP contribution in [-0.2, 0) is 10.0 Å². The molecule has 1 fully saturated rings. The molecule has 1 aliphatic rings. The highest BCUT2D eigenvalue weighted by Crippen LogP contribution is 2.25. The molecule has 0 radical (unpaired) electrons. The summed E-state index contributed by atoms with van der Waals surface area (Å²) in [5.74, 6) is 1.10. The number of aromatic nitrogens is 2. The summed E-state index contributed by atoms with van der Waals surface area (Å²) in [6.07, 6.45) is 4.57. The highest BCUT2D eigenvalue weighted by molar-refractivity contribution is 7.88. The minimum absolute atomic E-state index is 0.0435. The van der Waals surface area contributed by atoms with Crippen LogP contribution in [0.2, 0.25) is 0 Å².